The number of aliphatic hydroxyl groups excluding tert-OH is 1. The van der Waals surface area contributed by atoms with E-state index in [2.05, 4.69) is 10.6 Å². The van der Waals surface area contributed by atoms with Crippen LogP contribution in [0.5, 0.6) is 5.75 Å². The summed E-state index contributed by atoms with van der Waals surface area (Å²) in [6.07, 6.45) is 0.0302. The number of aliphatic hydroxyl groups is 1. The van der Waals surface area contributed by atoms with Gasteiger partial charge in [-0.05, 0) is 74.8 Å². The molecule has 5 rings (SSSR count). The molecule has 8 nitrogen and oxygen atoms in total. The van der Waals surface area contributed by atoms with Crippen LogP contribution in [-0.4, -0.2) is 47.1 Å². The summed E-state index contributed by atoms with van der Waals surface area (Å²) in [5, 5.41) is 16.1. The lowest BCUT2D eigenvalue weighted by atomic mass is 9.99. The van der Waals surface area contributed by atoms with Gasteiger partial charge in [0.2, 0.25) is 5.91 Å². The number of ether oxygens (including phenoxy) is 1. The van der Waals surface area contributed by atoms with E-state index < -0.39 is 35.7 Å². The van der Waals surface area contributed by atoms with Crippen LogP contribution in [0.3, 0.4) is 0 Å². The third-order valence-electron chi connectivity index (χ3n) is 6.59. The van der Waals surface area contributed by atoms with Crippen LogP contribution in [-0.2, 0) is 16.0 Å². The highest BCUT2D eigenvalue weighted by molar-refractivity contribution is 14.1. The van der Waals surface area contributed by atoms with Gasteiger partial charge in [0, 0.05) is 9.99 Å². The van der Waals surface area contributed by atoms with E-state index in [1.807, 2.05) is 65.1 Å². The average molecular weight is 653 g/mol. The number of anilines is 1. The van der Waals surface area contributed by atoms with Crippen LogP contribution in [0.2, 0.25) is 0 Å². The lowest BCUT2D eigenvalue weighted by Crippen LogP contribution is -2.49. The molecule has 10 heteroatoms. The van der Waals surface area contributed by atoms with Gasteiger partial charge in [-0.2, -0.15) is 0 Å². The molecule has 204 valence electrons. The van der Waals surface area contributed by atoms with Crippen molar-refractivity contribution in [1.29, 1.82) is 0 Å². The van der Waals surface area contributed by atoms with Crippen molar-refractivity contribution in [3.63, 3.8) is 0 Å². The minimum absolute atomic E-state index is 0.0302. The van der Waals surface area contributed by atoms with E-state index in [1.54, 1.807) is 30.3 Å². The smallest absolute Gasteiger partial charge is 0.325 e. The van der Waals surface area contributed by atoms with Crippen LogP contribution < -0.4 is 15.4 Å². The summed E-state index contributed by atoms with van der Waals surface area (Å²) >= 11 is 1.97. The van der Waals surface area contributed by atoms with Crippen molar-refractivity contribution < 1.29 is 28.6 Å². The van der Waals surface area contributed by atoms with Gasteiger partial charge in [-0.3, -0.25) is 9.59 Å². The summed E-state index contributed by atoms with van der Waals surface area (Å²) in [6, 6.07) is 21.3. The fourth-order valence-electron chi connectivity index (χ4n) is 4.63. The Morgan fingerprint density at radius 1 is 1.02 bits per heavy atom. The molecule has 2 unspecified atom stereocenters. The van der Waals surface area contributed by atoms with Crippen LogP contribution in [0.15, 0.2) is 84.9 Å². The molecule has 1 saturated heterocycles. The third-order valence-corrected chi connectivity index (χ3v) is 7.26. The van der Waals surface area contributed by atoms with Crippen molar-refractivity contribution in [3.05, 3.63) is 105 Å². The van der Waals surface area contributed by atoms with Crippen LogP contribution in [0, 0.1) is 9.39 Å². The zero-order chi connectivity index (χ0) is 28.2. The molecule has 1 heterocycles. The van der Waals surface area contributed by atoms with Gasteiger partial charge in [-0.25, -0.2) is 14.1 Å². The summed E-state index contributed by atoms with van der Waals surface area (Å²) in [4.78, 5) is 41.3. The molecular formula is C30H25FIN3O5. The molecule has 2 atom stereocenters. The molecule has 1 fully saturated rings. The summed E-state index contributed by atoms with van der Waals surface area (Å²) in [5.74, 6) is -1.41. The SMILES string of the molecule is O=C(Nc1ccc(I)cc1F)C(Cc1ccc2ccccc2c1)N1C(=O)NC(c2ccc(OCCO)cc2)C1=O. The molecule has 3 N–H and O–H groups in total. The number of nitrogens with zero attached hydrogens (tertiary/aromatic N) is 1. The third kappa shape index (κ3) is 5.92. The average Bonchev–Trinajstić information content (AvgIpc) is 3.25. The van der Waals surface area contributed by atoms with Crippen LogP contribution in [0.25, 0.3) is 10.8 Å². The minimum atomic E-state index is -1.25. The van der Waals surface area contributed by atoms with Crippen LogP contribution in [0.1, 0.15) is 17.2 Å². The topological polar surface area (TPSA) is 108 Å². The number of hydrogen-bond acceptors (Lipinski definition) is 5. The second-order valence-corrected chi connectivity index (χ2v) is 10.5. The monoisotopic (exact) mass is 653 g/mol. The van der Waals surface area contributed by atoms with E-state index in [4.69, 9.17) is 9.84 Å². The molecule has 1 aliphatic rings. The molecule has 0 bridgehead atoms. The lowest BCUT2D eigenvalue weighted by Gasteiger charge is -2.25. The number of imide groups is 1. The first kappa shape index (κ1) is 27.5. The molecule has 4 amide bonds. The Morgan fingerprint density at radius 2 is 1.77 bits per heavy atom. The molecule has 0 saturated carbocycles. The van der Waals surface area contributed by atoms with Crippen LogP contribution in [0.4, 0.5) is 14.9 Å². The number of carbonyl (C=O) groups is 3. The molecule has 40 heavy (non-hydrogen) atoms. The Labute approximate surface area is 243 Å². The van der Waals surface area contributed by atoms with Gasteiger partial charge in [0.1, 0.15) is 30.3 Å². The number of rotatable bonds is 9. The van der Waals surface area contributed by atoms with E-state index in [0.717, 1.165) is 21.2 Å². The van der Waals surface area contributed by atoms with Gasteiger partial charge in [0.05, 0.1) is 12.3 Å². The maximum absolute atomic E-state index is 14.6. The van der Waals surface area contributed by atoms with E-state index in [9.17, 15) is 18.8 Å². The molecular weight excluding hydrogens is 628 g/mol. The van der Waals surface area contributed by atoms with Crippen molar-refractivity contribution in [1.82, 2.24) is 10.2 Å². The number of halogens is 2. The number of fused-ring (bicyclic) bond motifs is 1. The van der Waals surface area contributed by atoms with Gasteiger partial charge < -0.3 is 20.5 Å². The first-order valence-corrected chi connectivity index (χ1v) is 13.6. The van der Waals surface area contributed by atoms with Crippen molar-refractivity contribution in [3.8, 4) is 5.75 Å². The quantitative estimate of drug-likeness (QED) is 0.178. The standard InChI is InChI=1S/C30H25FIN3O5/c31-24-17-22(32)9-12-25(24)33-28(37)26(16-18-5-6-19-3-1-2-4-21(19)15-18)35-29(38)27(34-30(35)39)20-7-10-23(11-8-20)40-14-13-36/h1-12,15,17,26-27,36H,13-14,16H2,(H,33,37)(H,34,39). The number of benzene rings is 4. The van der Waals surface area contributed by atoms with Gasteiger partial charge in [-0.1, -0.05) is 54.6 Å². The number of carbonyl (C=O) groups excluding carboxylic acids is 3. The number of amides is 4. The second kappa shape index (κ2) is 12.0. The van der Waals surface area contributed by atoms with E-state index >= 15 is 0 Å². The summed E-state index contributed by atoms with van der Waals surface area (Å²) in [7, 11) is 0. The highest BCUT2D eigenvalue weighted by Crippen LogP contribution is 2.28. The summed E-state index contributed by atoms with van der Waals surface area (Å²) in [5.41, 5.74) is 1.19. The summed E-state index contributed by atoms with van der Waals surface area (Å²) in [6.45, 7) is -0.0143. The maximum Gasteiger partial charge on any atom is 0.325 e. The molecule has 1 aliphatic heterocycles. The molecule has 0 spiro atoms. The number of urea groups is 1. The van der Waals surface area contributed by atoms with E-state index in [-0.39, 0.29) is 25.3 Å². The molecule has 4 aromatic carbocycles. The van der Waals surface area contributed by atoms with Crippen LogP contribution >= 0.6 is 22.6 Å². The highest BCUT2D eigenvalue weighted by Gasteiger charge is 2.45. The lowest BCUT2D eigenvalue weighted by molar-refractivity contribution is -0.134. The van der Waals surface area contributed by atoms with E-state index in [0.29, 0.717) is 14.9 Å². The van der Waals surface area contributed by atoms with Crippen molar-refractivity contribution in [2.45, 2.75) is 18.5 Å². The van der Waals surface area contributed by atoms with Crippen molar-refractivity contribution in [2.24, 2.45) is 0 Å². The first-order valence-electron chi connectivity index (χ1n) is 12.5. The largest absolute Gasteiger partial charge is 0.491 e. The highest BCUT2D eigenvalue weighted by atomic mass is 127. The molecule has 0 aliphatic carbocycles. The van der Waals surface area contributed by atoms with Gasteiger partial charge >= 0.3 is 6.03 Å². The molecule has 0 aromatic heterocycles. The fraction of sp³-hybridized carbons (Fsp3) is 0.167. The van der Waals surface area contributed by atoms with Gasteiger partial charge in [0.25, 0.3) is 5.91 Å². The maximum atomic E-state index is 14.6. The molecule has 0 radical (unpaired) electrons. The Bertz CT molecular complexity index is 1580. The second-order valence-electron chi connectivity index (χ2n) is 9.25. The minimum Gasteiger partial charge on any atom is -0.491 e. The zero-order valence-electron chi connectivity index (χ0n) is 21.1. The Balaban J connectivity index is 1.45. The summed E-state index contributed by atoms with van der Waals surface area (Å²) < 4.78 is 20.6. The van der Waals surface area contributed by atoms with Gasteiger partial charge in [-0.15, -0.1) is 0 Å². The normalized spacial score (nSPS) is 15.7. The first-order chi connectivity index (χ1) is 19.3. The molecule has 4 aromatic rings. The number of nitrogens with one attached hydrogen (secondary N) is 2. The van der Waals surface area contributed by atoms with Crippen molar-refractivity contribution in [2.75, 3.05) is 18.5 Å². The predicted octanol–water partition coefficient (Wildman–Crippen LogP) is 4.80. The predicted molar refractivity (Wildman–Crippen MR) is 156 cm³/mol. The Hall–Kier alpha value is -4.03. The zero-order valence-corrected chi connectivity index (χ0v) is 23.3. The van der Waals surface area contributed by atoms with Crippen molar-refractivity contribution >= 4 is 56.9 Å². The van der Waals surface area contributed by atoms with E-state index in [1.165, 1.54) is 12.1 Å². The van der Waals surface area contributed by atoms with Gasteiger partial charge in [0.15, 0.2) is 0 Å². The fourth-order valence-corrected chi connectivity index (χ4v) is 5.09. The number of hydrogen-bond donors (Lipinski definition) is 3. The Morgan fingerprint density at radius 3 is 2.50 bits per heavy atom. The Kier molecular flexibility index (Phi) is 8.27.